The quantitative estimate of drug-likeness (QED) is 0.856. The summed E-state index contributed by atoms with van der Waals surface area (Å²) >= 11 is 11.6. The molecule has 0 saturated carbocycles. The number of hydrogen-bond acceptors (Lipinski definition) is 2. The number of pyridine rings is 1. The highest BCUT2D eigenvalue weighted by molar-refractivity contribution is 6.31. The van der Waals surface area contributed by atoms with Crippen LogP contribution < -0.4 is 5.32 Å². The van der Waals surface area contributed by atoms with Gasteiger partial charge in [0.2, 0.25) is 0 Å². The lowest BCUT2D eigenvalue weighted by atomic mass is 9.99. The van der Waals surface area contributed by atoms with Crippen molar-refractivity contribution in [1.29, 1.82) is 0 Å². The number of nitrogens with one attached hydrogen (secondary N) is 1. The van der Waals surface area contributed by atoms with E-state index in [0.717, 1.165) is 17.7 Å². The highest BCUT2D eigenvalue weighted by Crippen LogP contribution is 2.27. The first-order chi connectivity index (χ1) is 9.52. The molecule has 0 saturated heterocycles. The maximum Gasteiger partial charge on any atom is 0.142 e. The largest absolute Gasteiger partial charge is 0.313 e. The van der Waals surface area contributed by atoms with Gasteiger partial charge >= 0.3 is 0 Å². The van der Waals surface area contributed by atoms with E-state index >= 15 is 0 Å². The second-order valence-electron chi connectivity index (χ2n) is 4.30. The molecule has 1 unspecified atom stereocenters. The van der Waals surface area contributed by atoms with Crippen molar-refractivity contribution in [3.8, 4) is 0 Å². The van der Waals surface area contributed by atoms with Crippen molar-refractivity contribution in [2.75, 3.05) is 7.05 Å². The second-order valence-corrected chi connectivity index (χ2v) is 5.11. The van der Waals surface area contributed by atoms with Gasteiger partial charge in [-0.3, -0.25) is 4.98 Å². The molecule has 20 heavy (non-hydrogen) atoms. The van der Waals surface area contributed by atoms with Crippen LogP contribution >= 0.6 is 23.2 Å². The fourth-order valence-corrected chi connectivity index (χ4v) is 2.31. The summed E-state index contributed by atoms with van der Waals surface area (Å²) in [5.74, 6) is -1.20. The predicted octanol–water partition coefficient (Wildman–Crippen LogP) is 4.17. The number of likely N-dealkylation sites (N-methyl/N-ethyl adjacent to an activating group) is 1. The molecule has 1 N–H and O–H groups in total. The molecule has 0 aliphatic carbocycles. The molecule has 1 aromatic heterocycles. The molecule has 0 fully saturated rings. The first-order valence-corrected chi connectivity index (χ1v) is 6.68. The lowest BCUT2D eigenvalue weighted by Crippen LogP contribution is -2.20. The highest BCUT2D eigenvalue weighted by Gasteiger charge is 2.18. The van der Waals surface area contributed by atoms with E-state index in [2.05, 4.69) is 10.3 Å². The summed E-state index contributed by atoms with van der Waals surface area (Å²) in [5, 5.41) is 3.21. The van der Waals surface area contributed by atoms with Crippen LogP contribution in [0.25, 0.3) is 0 Å². The van der Waals surface area contributed by atoms with Gasteiger partial charge in [0.1, 0.15) is 11.6 Å². The smallest absolute Gasteiger partial charge is 0.142 e. The number of rotatable bonds is 4. The van der Waals surface area contributed by atoms with Crippen LogP contribution in [0.5, 0.6) is 0 Å². The summed E-state index contributed by atoms with van der Waals surface area (Å²) in [5.41, 5.74) is 1.01. The SMILES string of the molecule is CNC(Cc1ccncc1Cl)c1cc(F)c(Cl)cc1F. The fourth-order valence-electron chi connectivity index (χ4n) is 1.96. The lowest BCUT2D eigenvalue weighted by Gasteiger charge is -2.18. The Bertz CT molecular complexity index is 620. The molecular formula is C14H12Cl2F2N2. The van der Waals surface area contributed by atoms with E-state index in [1.165, 1.54) is 6.20 Å². The Balaban J connectivity index is 2.34. The number of aromatic nitrogens is 1. The number of hydrogen-bond donors (Lipinski definition) is 1. The van der Waals surface area contributed by atoms with Crippen molar-refractivity contribution in [3.63, 3.8) is 0 Å². The normalized spacial score (nSPS) is 12.4. The minimum absolute atomic E-state index is 0.210. The minimum Gasteiger partial charge on any atom is -0.313 e. The average molecular weight is 317 g/mol. The molecule has 1 aromatic carbocycles. The highest BCUT2D eigenvalue weighted by atomic mass is 35.5. The molecule has 0 spiro atoms. The summed E-state index contributed by atoms with van der Waals surface area (Å²) < 4.78 is 27.4. The van der Waals surface area contributed by atoms with Crippen LogP contribution in [0.15, 0.2) is 30.6 Å². The van der Waals surface area contributed by atoms with Crippen molar-refractivity contribution in [2.45, 2.75) is 12.5 Å². The van der Waals surface area contributed by atoms with Crippen LogP contribution in [0, 0.1) is 11.6 Å². The van der Waals surface area contributed by atoms with Crippen LogP contribution in [0.1, 0.15) is 17.2 Å². The zero-order valence-electron chi connectivity index (χ0n) is 10.6. The van der Waals surface area contributed by atoms with Crippen molar-refractivity contribution in [3.05, 3.63) is 63.4 Å². The van der Waals surface area contributed by atoms with Crippen molar-refractivity contribution >= 4 is 23.2 Å². The van der Waals surface area contributed by atoms with Crippen molar-refractivity contribution in [1.82, 2.24) is 10.3 Å². The van der Waals surface area contributed by atoms with E-state index in [-0.39, 0.29) is 10.6 Å². The monoisotopic (exact) mass is 316 g/mol. The van der Waals surface area contributed by atoms with E-state index in [1.807, 2.05) is 0 Å². The first kappa shape index (κ1) is 15.2. The van der Waals surface area contributed by atoms with E-state index < -0.39 is 17.7 Å². The van der Waals surface area contributed by atoms with Crippen molar-refractivity contribution < 1.29 is 8.78 Å². The van der Waals surface area contributed by atoms with E-state index in [0.29, 0.717) is 11.4 Å². The standard InChI is InChI=1S/C14H12Cl2F2N2/c1-19-14(4-8-2-3-20-7-11(8)16)9-5-13(18)10(15)6-12(9)17/h2-3,5-7,14,19H,4H2,1H3. The summed E-state index contributed by atoms with van der Waals surface area (Å²) in [7, 11) is 1.67. The third-order valence-corrected chi connectivity index (χ3v) is 3.67. The maximum atomic E-state index is 13.9. The van der Waals surface area contributed by atoms with Gasteiger partial charge in [-0.2, -0.15) is 0 Å². The van der Waals surface area contributed by atoms with Gasteiger partial charge in [0, 0.05) is 24.0 Å². The Labute approximate surface area is 125 Å². The summed E-state index contributed by atoms with van der Waals surface area (Å²) in [6.07, 6.45) is 3.53. The molecule has 2 nitrogen and oxygen atoms in total. The van der Waals surface area contributed by atoms with Gasteiger partial charge in [0.05, 0.1) is 10.0 Å². The molecule has 0 aliphatic heterocycles. The fraction of sp³-hybridized carbons (Fsp3) is 0.214. The van der Waals surface area contributed by atoms with Gasteiger partial charge in [-0.25, -0.2) is 8.78 Å². The van der Waals surface area contributed by atoms with Crippen LogP contribution in [-0.2, 0) is 6.42 Å². The van der Waals surface area contributed by atoms with Crippen LogP contribution in [0.4, 0.5) is 8.78 Å². The summed E-state index contributed by atoms with van der Waals surface area (Å²) in [6.45, 7) is 0. The Morgan fingerprint density at radius 1 is 1.20 bits per heavy atom. The number of benzene rings is 1. The van der Waals surface area contributed by atoms with Gasteiger partial charge in [-0.1, -0.05) is 23.2 Å². The van der Waals surface area contributed by atoms with Crippen LogP contribution in [0.3, 0.4) is 0 Å². The van der Waals surface area contributed by atoms with Gasteiger partial charge in [-0.15, -0.1) is 0 Å². The summed E-state index contributed by atoms with van der Waals surface area (Å²) in [4.78, 5) is 3.89. The second kappa shape index (κ2) is 6.48. The molecule has 1 heterocycles. The zero-order valence-corrected chi connectivity index (χ0v) is 12.1. The van der Waals surface area contributed by atoms with E-state index in [1.54, 1.807) is 19.3 Å². The molecule has 2 aromatic rings. The molecule has 6 heteroatoms. The first-order valence-electron chi connectivity index (χ1n) is 5.93. The Morgan fingerprint density at radius 3 is 2.60 bits per heavy atom. The van der Waals surface area contributed by atoms with E-state index in [9.17, 15) is 8.78 Å². The molecule has 2 rings (SSSR count). The van der Waals surface area contributed by atoms with Crippen LogP contribution in [0.2, 0.25) is 10.0 Å². The Kier molecular flexibility index (Phi) is 4.91. The molecule has 0 bridgehead atoms. The topological polar surface area (TPSA) is 24.9 Å². The number of nitrogens with zero attached hydrogens (tertiary/aromatic N) is 1. The Hall–Kier alpha value is -1.23. The van der Waals surface area contributed by atoms with Gasteiger partial charge in [0.25, 0.3) is 0 Å². The predicted molar refractivity (Wildman–Crippen MR) is 76.1 cm³/mol. The summed E-state index contributed by atoms with van der Waals surface area (Å²) in [6, 6.07) is 3.41. The molecule has 0 amide bonds. The molecule has 0 aliphatic rings. The van der Waals surface area contributed by atoms with E-state index in [4.69, 9.17) is 23.2 Å². The minimum atomic E-state index is -0.649. The lowest BCUT2D eigenvalue weighted by molar-refractivity contribution is 0.523. The number of halogens is 4. The van der Waals surface area contributed by atoms with Gasteiger partial charge < -0.3 is 5.32 Å². The third kappa shape index (κ3) is 3.26. The Morgan fingerprint density at radius 2 is 1.95 bits per heavy atom. The molecular weight excluding hydrogens is 305 g/mol. The molecule has 1 atom stereocenters. The van der Waals surface area contributed by atoms with Gasteiger partial charge in [-0.05, 0) is 37.2 Å². The average Bonchev–Trinajstić information content (AvgIpc) is 2.42. The maximum absolute atomic E-state index is 13.9. The van der Waals surface area contributed by atoms with Crippen molar-refractivity contribution in [2.24, 2.45) is 0 Å². The van der Waals surface area contributed by atoms with Gasteiger partial charge in [0.15, 0.2) is 0 Å². The van der Waals surface area contributed by atoms with Crippen LogP contribution in [-0.4, -0.2) is 12.0 Å². The third-order valence-electron chi connectivity index (χ3n) is 3.04. The molecule has 0 radical (unpaired) electrons. The zero-order chi connectivity index (χ0) is 14.7. The molecule has 106 valence electrons.